The van der Waals surface area contributed by atoms with Crippen molar-refractivity contribution in [3.63, 3.8) is 0 Å². The molecule has 0 aliphatic carbocycles. The summed E-state index contributed by atoms with van der Waals surface area (Å²) in [5.74, 6) is 0.415. The zero-order valence-corrected chi connectivity index (χ0v) is 13.5. The number of H-pyrrole nitrogens is 1. The first-order valence-corrected chi connectivity index (χ1v) is 8.19. The molecule has 0 bridgehead atoms. The first-order valence-electron chi connectivity index (χ1n) is 8.19. The molecule has 4 rings (SSSR count). The topological polar surface area (TPSA) is 75.3 Å². The zero-order chi connectivity index (χ0) is 17.2. The van der Waals surface area contributed by atoms with E-state index in [1.165, 1.54) is 12.3 Å². The molecule has 1 unspecified atom stereocenters. The van der Waals surface area contributed by atoms with Gasteiger partial charge in [-0.3, -0.25) is 9.59 Å². The smallest absolute Gasteiger partial charge is 0.254 e. The molecule has 1 aliphatic rings. The van der Waals surface area contributed by atoms with Gasteiger partial charge in [0.15, 0.2) is 0 Å². The standard InChI is InChI=1S/C19H17N3O3/c23-17-11-14(7-9-20-17)19(24)22-10-8-15(12-22)25-18-6-5-13-3-1-2-4-16(13)21-18/h1-7,9,11,15H,8,10,12H2,(H,20,23). The molecule has 1 atom stereocenters. The number of nitrogens with zero attached hydrogens (tertiary/aromatic N) is 2. The third-order valence-electron chi connectivity index (χ3n) is 4.31. The second-order valence-electron chi connectivity index (χ2n) is 6.06. The van der Waals surface area contributed by atoms with E-state index in [2.05, 4.69) is 9.97 Å². The summed E-state index contributed by atoms with van der Waals surface area (Å²) in [6.45, 7) is 1.09. The second kappa shape index (κ2) is 6.39. The number of rotatable bonds is 3. The van der Waals surface area contributed by atoms with Crippen molar-refractivity contribution in [3.8, 4) is 5.88 Å². The Labute approximate surface area is 144 Å². The minimum atomic E-state index is -0.279. The SMILES string of the molecule is O=C(c1cc[nH]c(=O)c1)N1CCC(Oc2ccc3ccccc3n2)C1. The minimum absolute atomic E-state index is 0.0976. The maximum absolute atomic E-state index is 12.5. The van der Waals surface area contributed by atoms with Gasteiger partial charge in [0.25, 0.3) is 5.91 Å². The lowest BCUT2D eigenvalue weighted by atomic mass is 10.2. The van der Waals surface area contributed by atoms with E-state index in [9.17, 15) is 9.59 Å². The van der Waals surface area contributed by atoms with Crippen LogP contribution in [0.3, 0.4) is 0 Å². The van der Waals surface area contributed by atoms with Gasteiger partial charge < -0.3 is 14.6 Å². The summed E-state index contributed by atoms with van der Waals surface area (Å²) in [6, 6.07) is 14.6. The summed E-state index contributed by atoms with van der Waals surface area (Å²) in [5.41, 5.74) is 1.00. The lowest BCUT2D eigenvalue weighted by Crippen LogP contribution is -2.31. The molecular formula is C19H17N3O3. The van der Waals surface area contributed by atoms with Crippen molar-refractivity contribution in [2.45, 2.75) is 12.5 Å². The Morgan fingerprint density at radius 3 is 2.96 bits per heavy atom. The lowest BCUT2D eigenvalue weighted by molar-refractivity contribution is 0.0771. The van der Waals surface area contributed by atoms with Gasteiger partial charge in [0, 0.05) is 42.2 Å². The number of para-hydroxylation sites is 1. The van der Waals surface area contributed by atoms with Crippen LogP contribution in [0.15, 0.2) is 59.5 Å². The molecule has 0 radical (unpaired) electrons. The van der Waals surface area contributed by atoms with E-state index in [1.807, 2.05) is 36.4 Å². The number of aromatic nitrogens is 2. The Kier molecular flexibility index (Phi) is 3.93. The molecule has 3 aromatic rings. The van der Waals surface area contributed by atoms with Gasteiger partial charge in [0.1, 0.15) is 6.10 Å². The fourth-order valence-corrected chi connectivity index (χ4v) is 3.05. The van der Waals surface area contributed by atoms with Crippen molar-refractivity contribution in [2.75, 3.05) is 13.1 Å². The molecule has 6 heteroatoms. The van der Waals surface area contributed by atoms with E-state index < -0.39 is 0 Å². The number of likely N-dealkylation sites (tertiary alicyclic amines) is 1. The maximum Gasteiger partial charge on any atom is 0.254 e. The Morgan fingerprint density at radius 1 is 1.20 bits per heavy atom. The van der Waals surface area contributed by atoms with Crippen molar-refractivity contribution in [1.82, 2.24) is 14.9 Å². The highest BCUT2D eigenvalue weighted by Crippen LogP contribution is 2.21. The molecule has 1 amide bonds. The van der Waals surface area contributed by atoms with Gasteiger partial charge in [0.2, 0.25) is 11.4 Å². The van der Waals surface area contributed by atoms with Crippen LogP contribution in [0.4, 0.5) is 0 Å². The molecule has 2 aromatic heterocycles. The number of pyridine rings is 2. The molecule has 1 fully saturated rings. The third kappa shape index (κ3) is 3.24. The average molecular weight is 335 g/mol. The normalized spacial score (nSPS) is 17.0. The van der Waals surface area contributed by atoms with Crippen molar-refractivity contribution in [1.29, 1.82) is 0 Å². The quantitative estimate of drug-likeness (QED) is 0.796. The predicted molar refractivity (Wildman–Crippen MR) is 93.7 cm³/mol. The van der Waals surface area contributed by atoms with E-state index >= 15 is 0 Å². The highest BCUT2D eigenvalue weighted by Gasteiger charge is 2.28. The highest BCUT2D eigenvalue weighted by atomic mass is 16.5. The molecule has 1 saturated heterocycles. The van der Waals surface area contributed by atoms with Crippen molar-refractivity contribution in [2.24, 2.45) is 0 Å². The largest absolute Gasteiger partial charge is 0.472 e. The Bertz CT molecular complexity index is 983. The van der Waals surface area contributed by atoms with E-state index in [1.54, 1.807) is 11.0 Å². The van der Waals surface area contributed by atoms with Gasteiger partial charge >= 0.3 is 0 Å². The number of ether oxygens (including phenoxy) is 1. The number of carbonyl (C=O) groups excluding carboxylic acids is 1. The van der Waals surface area contributed by atoms with Gasteiger partial charge in [-0.15, -0.1) is 0 Å². The van der Waals surface area contributed by atoms with Crippen molar-refractivity contribution in [3.05, 3.63) is 70.6 Å². The summed E-state index contributed by atoms with van der Waals surface area (Å²) in [7, 11) is 0. The van der Waals surface area contributed by atoms with E-state index in [-0.39, 0.29) is 17.6 Å². The summed E-state index contributed by atoms with van der Waals surface area (Å²) in [6.07, 6.45) is 2.13. The number of nitrogens with one attached hydrogen (secondary N) is 1. The molecule has 3 heterocycles. The number of hydrogen-bond acceptors (Lipinski definition) is 4. The van der Waals surface area contributed by atoms with Gasteiger partial charge in [-0.05, 0) is 18.2 Å². The van der Waals surface area contributed by atoms with Crippen LogP contribution in [-0.2, 0) is 0 Å². The van der Waals surface area contributed by atoms with Crippen LogP contribution in [0, 0.1) is 0 Å². The van der Waals surface area contributed by atoms with Crippen LogP contribution >= 0.6 is 0 Å². The number of aromatic amines is 1. The predicted octanol–water partition coefficient (Wildman–Crippen LogP) is 2.22. The minimum Gasteiger partial charge on any atom is -0.472 e. The summed E-state index contributed by atoms with van der Waals surface area (Å²) < 4.78 is 5.95. The van der Waals surface area contributed by atoms with Crippen LogP contribution in [0.2, 0.25) is 0 Å². The van der Waals surface area contributed by atoms with Crippen LogP contribution in [0.5, 0.6) is 5.88 Å². The fourth-order valence-electron chi connectivity index (χ4n) is 3.05. The molecule has 0 spiro atoms. The number of hydrogen-bond donors (Lipinski definition) is 1. The van der Waals surface area contributed by atoms with Gasteiger partial charge in [-0.2, -0.15) is 0 Å². The monoisotopic (exact) mass is 335 g/mol. The number of amides is 1. The fraction of sp³-hybridized carbons (Fsp3) is 0.211. The van der Waals surface area contributed by atoms with Gasteiger partial charge in [-0.25, -0.2) is 4.98 Å². The first-order chi connectivity index (χ1) is 12.2. The number of fused-ring (bicyclic) bond motifs is 1. The molecule has 6 nitrogen and oxygen atoms in total. The molecular weight excluding hydrogens is 318 g/mol. The molecule has 25 heavy (non-hydrogen) atoms. The van der Waals surface area contributed by atoms with E-state index in [0.717, 1.165) is 17.3 Å². The summed E-state index contributed by atoms with van der Waals surface area (Å²) in [5, 5.41) is 1.06. The lowest BCUT2D eigenvalue weighted by Gasteiger charge is -2.17. The van der Waals surface area contributed by atoms with Crippen molar-refractivity contribution < 1.29 is 9.53 Å². The summed E-state index contributed by atoms with van der Waals surface area (Å²) >= 11 is 0. The Balaban J connectivity index is 1.45. The van der Waals surface area contributed by atoms with Gasteiger partial charge in [-0.1, -0.05) is 18.2 Å². The second-order valence-corrected chi connectivity index (χ2v) is 6.06. The average Bonchev–Trinajstić information content (AvgIpc) is 3.09. The Hall–Kier alpha value is -3.15. The Morgan fingerprint density at radius 2 is 2.08 bits per heavy atom. The zero-order valence-electron chi connectivity index (χ0n) is 13.5. The van der Waals surface area contributed by atoms with E-state index in [0.29, 0.717) is 24.5 Å². The number of benzene rings is 1. The van der Waals surface area contributed by atoms with E-state index in [4.69, 9.17) is 4.74 Å². The maximum atomic E-state index is 12.5. The molecule has 1 N–H and O–H groups in total. The van der Waals surface area contributed by atoms with Gasteiger partial charge in [0.05, 0.1) is 12.1 Å². The van der Waals surface area contributed by atoms with Crippen LogP contribution in [-0.4, -0.2) is 40.0 Å². The van der Waals surface area contributed by atoms with Crippen molar-refractivity contribution >= 4 is 16.8 Å². The molecule has 1 aromatic carbocycles. The molecule has 1 aliphatic heterocycles. The number of carbonyl (C=O) groups is 1. The van der Waals surface area contributed by atoms with Crippen LogP contribution in [0.25, 0.3) is 10.9 Å². The highest BCUT2D eigenvalue weighted by molar-refractivity contribution is 5.94. The van der Waals surface area contributed by atoms with Crippen LogP contribution in [0.1, 0.15) is 16.8 Å². The third-order valence-corrected chi connectivity index (χ3v) is 4.31. The molecule has 126 valence electrons. The molecule has 0 saturated carbocycles. The summed E-state index contributed by atoms with van der Waals surface area (Å²) in [4.78, 5) is 32.6. The van der Waals surface area contributed by atoms with Crippen LogP contribution < -0.4 is 10.3 Å². The first kappa shape index (κ1) is 15.4.